The van der Waals surface area contributed by atoms with Crippen molar-refractivity contribution in [3.8, 4) is 0 Å². The first kappa shape index (κ1) is 16.1. The summed E-state index contributed by atoms with van der Waals surface area (Å²) in [5.74, 6) is 0. The molecule has 3 amide bonds. The lowest BCUT2D eigenvalue weighted by Crippen LogP contribution is -2.23. The molecule has 3 rings (SSSR count). The molecule has 0 bridgehead atoms. The standard InChI is InChI=1S/C16H15ClN4O3/c17-14-13(2-1-7-18-14)20-15(22)19-12-5-3-11(4-6-12)10-21-8-9-24-16(21)23/h1-7H,8-10H2,(H2,19,20,22). The zero-order valence-corrected chi connectivity index (χ0v) is 13.4. The molecule has 0 radical (unpaired) electrons. The predicted molar refractivity (Wildman–Crippen MR) is 90.1 cm³/mol. The fourth-order valence-electron chi connectivity index (χ4n) is 2.25. The molecule has 0 saturated carbocycles. The molecule has 0 unspecified atom stereocenters. The summed E-state index contributed by atoms with van der Waals surface area (Å²) in [6.07, 6.45) is 1.24. The highest BCUT2D eigenvalue weighted by atomic mass is 35.5. The van der Waals surface area contributed by atoms with Crippen LogP contribution < -0.4 is 10.6 Å². The number of urea groups is 1. The first-order chi connectivity index (χ1) is 11.6. The van der Waals surface area contributed by atoms with Gasteiger partial charge >= 0.3 is 12.1 Å². The van der Waals surface area contributed by atoms with Gasteiger partial charge in [-0.2, -0.15) is 0 Å². The highest BCUT2D eigenvalue weighted by Gasteiger charge is 2.21. The van der Waals surface area contributed by atoms with Gasteiger partial charge in [-0.3, -0.25) is 0 Å². The van der Waals surface area contributed by atoms with Crippen LogP contribution in [0.25, 0.3) is 0 Å². The van der Waals surface area contributed by atoms with Gasteiger partial charge in [-0.25, -0.2) is 14.6 Å². The molecule has 1 saturated heterocycles. The van der Waals surface area contributed by atoms with E-state index in [1.807, 2.05) is 12.1 Å². The fraction of sp³-hybridized carbons (Fsp3) is 0.188. The Hall–Kier alpha value is -2.80. The van der Waals surface area contributed by atoms with Crippen LogP contribution in [0.4, 0.5) is 21.0 Å². The number of ether oxygens (including phenoxy) is 1. The van der Waals surface area contributed by atoms with Crippen molar-refractivity contribution in [2.24, 2.45) is 0 Å². The average molecular weight is 347 g/mol. The summed E-state index contributed by atoms with van der Waals surface area (Å²) in [5, 5.41) is 5.55. The summed E-state index contributed by atoms with van der Waals surface area (Å²) in [4.78, 5) is 28.9. The van der Waals surface area contributed by atoms with Gasteiger partial charge in [-0.15, -0.1) is 0 Å². The van der Waals surface area contributed by atoms with Crippen LogP contribution in [0.1, 0.15) is 5.56 Å². The maximum Gasteiger partial charge on any atom is 0.410 e. The third-order valence-electron chi connectivity index (χ3n) is 3.44. The molecule has 0 atom stereocenters. The second-order valence-corrected chi connectivity index (χ2v) is 5.51. The van der Waals surface area contributed by atoms with Crippen LogP contribution in [-0.4, -0.2) is 35.2 Å². The number of amides is 3. The molecular weight excluding hydrogens is 332 g/mol. The van der Waals surface area contributed by atoms with Crippen LogP contribution in [0, 0.1) is 0 Å². The molecule has 124 valence electrons. The minimum absolute atomic E-state index is 0.223. The van der Waals surface area contributed by atoms with Gasteiger partial charge in [0.15, 0.2) is 5.15 Å². The number of rotatable bonds is 4. The van der Waals surface area contributed by atoms with Crippen molar-refractivity contribution in [2.45, 2.75) is 6.54 Å². The maximum absolute atomic E-state index is 12.0. The molecule has 1 aromatic heterocycles. The van der Waals surface area contributed by atoms with Crippen molar-refractivity contribution in [1.82, 2.24) is 9.88 Å². The molecule has 1 aliphatic heterocycles. The van der Waals surface area contributed by atoms with Crippen LogP contribution in [-0.2, 0) is 11.3 Å². The summed E-state index contributed by atoms with van der Waals surface area (Å²) >= 11 is 5.89. The van der Waals surface area contributed by atoms with E-state index in [9.17, 15) is 9.59 Å². The first-order valence-corrected chi connectivity index (χ1v) is 7.69. The van der Waals surface area contributed by atoms with Crippen molar-refractivity contribution in [3.05, 3.63) is 53.3 Å². The van der Waals surface area contributed by atoms with Gasteiger partial charge in [0.2, 0.25) is 0 Å². The number of hydrogen-bond acceptors (Lipinski definition) is 4. The van der Waals surface area contributed by atoms with Gasteiger partial charge in [0.1, 0.15) is 6.61 Å². The van der Waals surface area contributed by atoms with Crippen molar-refractivity contribution in [1.29, 1.82) is 0 Å². The molecule has 0 aliphatic carbocycles. The molecule has 7 nitrogen and oxygen atoms in total. The number of aromatic nitrogens is 1. The first-order valence-electron chi connectivity index (χ1n) is 7.31. The Kier molecular flexibility index (Phi) is 4.81. The molecule has 8 heteroatoms. The smallest absolute Gasteiger partial charge is 0.410 e. The molecule has 1 aliphatic rings. The zero-order valence-electron chi connectivity index (χ0n) is 12.7. The van der Waals surface area contributed by atoms with Crippen LogP contribution in [0.3, 0.4) is 0 Å². The van der Waals surface area contributed by atoms with Crippen molar-refractivity contribution < 1.29 is 14.3 Å². The molecule has 1 fully saturated rings. The van der Waals surface area contributed by atoms with Crippen LogP contribution >= 0.6 is 11.6 Å². The van der Waals surface area contributed by atoms with Crippen molar-refractivity contribution >= 4 is 35.1 Å². The summed E-state index contributed by atoms with van der Waals surface area (Å²) < 4.78 is 4.89. The van der Waals surface area contributed by atoms with E-state index in [2.05, 4.69) is 15.6 Å². The number of anilines is 2. The quantitative estimate of drug-likeness (QED) is 0.832. The Morgan fingerprint density at radius 2 is 2.04 bits per heavy atom. The van der Waals surface area contributed by atoms with E-state index in [-0.39, 0.29) is 11.2 Å². The molecule has 0 spiro atoms. The van der Waals surface area contributed by atoms with Crippen molar-refractivity contribution in [2.75, 3.05) is 23.8 Å². The van der Waals surface area contributed by atoms with Gasteiger partial charge in [0.25, 0.3) is 0 Å². The third kappa shape index (κ3) is 3.94. The number of halogens is 1. The number of nitrogens with zero attached hydrogens (tertiary/aromatic N) is 2. The summed E-state index contributed by atoms with van der Waals surface area (Å²) in [5.41, 5.74) is 2.01. The maximum atomic E-state index is 12.0. The van der Waals surface area contributed by atoms with E-state index in [1.54, 1.807) is 35.4 Å². The number of pyridine rings is 1. The van der Waals surface area contributed by atoms with E-state index >= 15 is 0 Å². The van der Waals surface area contributed by atoms with E-state index < -0.39 is 6.03 Å². The molecule has 24 heavy (non-hydrogen) atoms. The van der Waals surface area contributed by atoms with Crippen molar-refractivity contribution in [3.63, 3.8) is 0 Å². The minimum Gasteiger partial charge on any atom is -0.448 e. The third-order valence-corrected chi connectivity index (χ3v) is 3.74. The highest BCUT2D eigenvalue weighted by Crippen LogP contribution is 2.18. The Bertz CT molecular complexity index is 751. The van der Waals surface area contributed by atoms with E-state index in [4.69, 9.17) is 16.3 Å². The second-order valence-electron chi connectivity index (χ2n) is 5.15. The lowest BCUT2D eigenvalue weighted by atomic mass is 10.2. The average Bonchev–Trinajstić information content (AvgIpc) is 2.96. The molecule has 2 N–H and O–H groups in total. The number of carbonyl (C=O) groups excluding carboxylic acids is 2. The Balaban J connectivity index is 1.56. The van der Waals surface area contributed by atoms with Gasteiger partial charge in [-0.1, -0.05) is 23.7 Å². The van der Waals surface area contributed by atoms with Crippen LogP contribution in [0.15, 0.2) is 42.6 Å². The summed E-state index contributed by atoms with van der Waals surface area (Å²) in [6.45, 7) is 1.50. The number of cyclic esters (lactones) is 1. The van der Waals surface area contributed by atoms with E-state index in [1.165, 1.54) is 0 Å². The monoisotopic (exact) mass is 346 g/mol. The number of nitrogens with one attached hydrogen (secondary N) is 2. The Morgan fingerprint density at radius 1 is 1.25 bits per heavy atom. The van der Waals surface area contributed by atoms with E-state index in [0.29, 0.717) is 31.1 Å². The highest BCUT2D eigenvalue weighted by molar-refractivity contribution is 6.32. The predicted octanol–water partition coefficient (Wildman–Crippen LogP) is 3.33. The SMILES string of the molecule is O=C(Nc1ccc(CN2CCOC2=O)cc1)Nc1cccnc1Cl. The normalized spacial score (nSPS) is 13.5. The zero-order chi connectivity index (χ0) is 16.9. The van der Waals surface area contributed by atoms with E-state index in [0.717, 1.165) is 5.56 Å². The summed E-state index contributed by atoms with van der Waals surface area (Å²) in [7, 11) is 0. The molecule has 2 aromatic rings. The van der Waals surface area contributed by atoms with Gasteiger partial charge in [0.05, 0.1) is 12.2 Å². The number of carbonyl (C=O) groups is 2. The topological polar surface area (TPSA) is 83.6 Å². The number of hydrogen-bond donors (Lipinski definition) is 2. The molecule has 2 heterocycles. The molecular formula is C16H15ClN4O3. The Morgan fingerprint density at radius 3 is 2.71 bits per heavy atom. The lowest BCUT2D eigenvalue weighted by Gasteiger charge is -2.13. The second kappa shape index (κ2) is 7.18. The largest absolute Gasteiger partial charge is 0.448 e. The van der Waals surface area contributed by atoms with Crippen LogP contribution in [0.5, 0.6) is 0 Å². The Labute approximate surface area is 143 Å². The van der Waals surface area contributed by atoms with Crippen LogP contribution in [0.2, 0.25) is 5.15 Å². The summed E-state index contributed by atoms with van der Waals surface area (Å²) in [6, 6.07) is 10.1. The van der Waals surface area contributed by atoms with Gasteiger partial charge in [0, 0.05) is 18.4 Å². The lowest BCUT2D eigenvalue weighted by molar-refractivity contribution is 0.157. The molecule has 1 aromatic carbocycles. The van der Waals surface area contributed by atoms with Gasteiger partial charge in [-0.05, 0) is 29.8 Å². The number of benzene rings is 1. The fourth-order valence-corrected chi connectivity index (χ4v) is 2.41. The minimum atomic E-state index is -0.416. The van der Waals surface area contributed by atoms with Gasteiger partial charge < -0.3 is 20.3 Å².